The van der Waals surface area contributed by atoms with Crippen LogP contribution in [0.2, 0.25) is 0 Å². The number of aliphatic hydroxyl groups excluding tert-OH is 2. The van der Waals surface area contributed by atoms with Gasteiger partial charge in [0.2, 0.25) is 0 Å². The average Bonchev–Trinajstić information content (AvgIpc) is 3.78. The van der Waals surface area contributed by atoms with Crippen molar-refractivity contribution in [2.45, 2.75) is 142 Å². The predicted molar refractivity (Wildman–Crippen MR) is 186 cm³/mol. The fourth-order valence-corrected chi connectivity index (χ4v) is 6.16. The molecule has 0 aromatic carbocycles. The standard InChI is InChI=1S/C37H64N2O9/c1-10-29(41)27(6)34-30(46-34)24-36(7,44)19-13-15-25(4)33-26(5)16-17-31(37(8,45)20-18-28(40)23-32(42)48-33)47-35(43)38(9)21-14-22-39(11-2)12-3/h13,15-17,19,26-31,33-34,40-41,44-45H,10-12,14,18,20-24H2,1-9H3. The van der Waals surface area contributed by atoms with E-state index in [-0.39, 0.29) is 43.3 Å². The summed E-state index contributed by atoms with van der Waals surface area (Å²) >= 11 is 0. The minimum absolute atomic E-state index is 0.0129. The molecule has 10 atom stereocenters. The molecule has 0 radical (unpaired) electrons. The Kier molecular flexibility index (Phi) is 16.8. The van der Waals surface area contributed by atoms with Crippen LogP contribution in [0.4, 0.5) is 4.79 Å². The van der Waals surface area contributed by atoms with Gasteiger partial charge in [-0.1, -0.05) is 58.9 Å². The Balaban J connectivity index is 2.19. The molecule has 2 rings (SSSR count). The van der Waals surface area contributed by atoms with Crippen molar-refractivity contribution in [2.75, 3.05) is 33.2 Å². The molecule has 1 saturated heterocycles. The van der Waals surface area contributed by atoms with Crippen LogP contribution in [-0.4, -0.2) is 123 Å². The number of cyclic esters (lactones) is 1. The number of nitrogens with zero attached hydrogens (tertiary/aromatic N) is 2. The van der Waals surface area contributed by atoms with Crippen molar-refractivity contribution in [3.8, 4) is 0 Å². The van der Waals surface area contributed by atoms with Gasteiger partial charge >= 0.3 is 12.1 Å². The first kappa shape index (κ1) is 41.9. The van der Waals surface area contributed by atoms with Gasteiger partial charge in [-0.25, -0.2) is 4.79 Å². The molecule has 1 fully saturated rings. The number of carbonyl (C=O) groups excluding carboxylic acids is 2. The largest absolute Gasteiger partial charge is 0.457 e. The third-order valence-corrected chi connectivity index (χ3v) is 9.77. The van der Waals surface area contributed by atoms with Gasteiger partial charge in [0.25, 0.3) is 0 Å². The van der Waals surface area contributed by atoms with Gasteiger partial charge in [0.15, 0.2) is 6.10 Å². The lowest BCUT2D eigenvalue weighted by molar-refractivity contribution is -0.151. The van der Waals surface area contributed by atoms with Crippen molar-refractivity contribution < 1.29 is 44.2 Å². The summed E-state index contributed by atoms with van der Waals surface area (Å²) in [7, 11) is 1.67. The molecule has 0 aromatic heterocycles. The van der Waals surface area contributed by atoms with Crippen LogP contribution >= 0.6 is 0 Å². The van der Waals surface area contributed by atoms with Crippen molar-refractivity contribution in [1.82, 2.24) is 9.80 Å². The van der Waals surface area contributed by atoms with E-state index in [1.807, 2.05) is 27.7 Å². The van der Waals surface area contributed by atoms with Gasteiger partial charge < -0.3 is 44.4 Å². The van der Waals surface area contributed by atoms with Crippen LogP contribution in [-0.2, 0) is 19.0 Å². The molecule has 11 nitrogen and oxygen atoms in total. The number of hydrogen-bond donors (Lipinski definition) is 4. The Hall–Kier alpha value is -2.28. The minimum Gasteiger partial charge on any atom is -0.457 e. The van der Waals surface area contributed by atoms with E-state index >= 15 is 0 Å². The first-order valence-corrected chi connectivity index (χ1v) is 17.8. The van der Waals surface area contributed by atoms with Gasteiger partial charge in [-0.3, -0.25) is 4.79 Å². The Morgan fingerprint density at radius 1 is 1.23 bits per heavy atom. The molecular weight excluding hydrogens is 616 g/mol. The molecular formula is C37H64N2O9. The van der Waals surface area contributed by atoms with Crippen LogP contribution in [0.25, 0.3) is 0 Å². The number of epoxide rings is 1. The molecule has 4 N–H and O–H groups in total. The monoisotopic (exact) mass is 680 g/mol. The second-order valence-corrected chi connectivity index (χ2v) is 14.3. The summed E-state index contributed by atoms with van der Waals surface area (Å²) in [5, 5.41) is 43.2. The second kappa shape index (κ2) is 19.2. The van der Waals surface area contributed by atoms with Gasteiger partial charge in [-0.05, 0) is 77.7 Å². The predicted octanol–water partition coefficient (Wildman–Crippen LogP) is 4.37. The molecule has 2 aliphatic heterocycles. The van der Waals surface area contributed by atoms with Gasteiger partial charge in [-0.2, -0.15) is 0 Å². The molecule has 0 aliphatic carbocycles. The van der Waals surface area contributed by atoms with E-state index in [2.05, 4.69) is 18.7 Å². The summed E-state index contributed by atoms with van der Waals surface area (Å²) in [5.41, 5.74) is -1.95. The third kappa shape index (κ3) is 13.6. The first-order chi connectivity index (χ1) is 22.4. The van der Waals surface area contributed by atoms with E-state index in [1.54, 1.807) is 51.3 Å². The number of allylic oxidation sites excluding steroid dienone is 2. The lowest BCUT2D eigenvalue weighted by atomic mass is 9.88. The zero-order chi connectivity index (χ0) is 36.2. The Morgan fingerprint density at radius 2 is 1.90 bits per heavy atom. The summed E-state index contributed by atoms with van der Waals surface area (Å²) in [6, 6.07) is 0. The van der Waals surface area contributed by atoms with E-state index in [1.165, 1.54) is 4.90 Å². The summed E-state index contributed by atoms with van der Waals surface area (Å²) in [5.74, 6) is -0.959. The maximum Gasteiger partial charge on any atom is 0.410 e. The number of amides is 1. The summed E-state index contributed by atoms with van der Waals surface area (Å²) in [4.78, 5) is 29.7. The van der Waals surface area contributed by atoms with E-state index in [9.17, 15) is 30.0 Å². The first-order valence-electron chi connectivity index (χ1n) is 17.8. The van der Waals surface area contributed by atoms with E-state index in [0.717, 1.165) is 26.1 Å². The molecule has 48 heavy (non-hydrogen) atoms. The maximum atomic E-state index is 13.1. The zero-order valence-corrected chi connectivity index (χ0v) is 30.8. The Morgan fingerprint density at radius 3 is 2.52 bits per heavy atom. The number of hydrogen-bond acceptors (Lipinski definition) is 10. The number of aliphatic hydroxyl groups is 4. The van der Waals surface area contributed by atoms with Crippen LogP contribution < -0.4 is 0 Å². The summed E-state index contributed by atoms with van der Waals surface area (Å²) in [6.45, 7) is 18.3. The smallest absolute Gasteiger partial charge is 0.410 e. The average molecular weight is 681 g/mol. The third-order valence-electron chi connectivity index (χ3n) is 9.77. The van der Waals surface area contributed by atoms with Gasteiger partial charge in [0, 0.05) is 31.8 Å². The Bertz CT molecular complexity index is 1100. The molecule has 2 aliphatic rings. The summed E-state index contributed by atoms with van der Waals surface area (Å²) in [6.07, 6.45) is 6.36. The number of ether oxygens (including phenoxy) is 3. The molecule has 11 heteroatoms. The van der Waals surface area contributed by atoms with Crippen molar-refractivity contribution in [3.05, 3.63) is 36.0 Å². The fourth-order valence-electron chi connectivity index (χ4n) is 6.16. The van der Waals surface area contributed by atoms with Crippen molar-refractivity contribution in [1.29, 1.82) is 0 Å². The normalized spacial score (nSPS) is 31.4. The molecule has 2 heterocycles. The lowest BCUT2D eigenvalue weighted by Gasteiger charge is -2.33. The van der Waals surface area contributed by atoms with Crippen molar-refractivity contribution >= 4 is 12.1 Å². The zero-order valence-electron chi connectivity index (χ0n) is 30.8. The molecule has 0 aromatic rings. The number of rotatable bonds is 15. The topological polar surface area (TPSA) is 153 Å². The molecule has 0 saturated carbocycles. The molecule has 0 spiro atoms. The van der Waals surface area contributed by atoms with Crippen LogP contribution in [0.5, 0.6) is 0 Å². The molecule has 276 valence electrons. The van der Waals surface area contributed by atoms with Gasteiger partial charge in [0.05, 0.1) is 36.4 Å². The van der Waals surface area contributed by atoms with Crippen LogP contribution in [0.3, 0.4) is 0 Å². The highest BCUT2D eigenvalue weighted by molar-refractivity contribution is 5.70. The number of carbonyl (C=O) groups is 2. The molecule has 1 amide bonds. The van der Waals surface area contributed by atoms with Crippen LogP contribution in [0.1, 0.15) is 93.9 Å². The second-order valence-electron chi connectivity index (χ2n) is 14.3. The van der Waals surface area contributed by atoms with E-state index < -0.39 is 47.7 Å². The molecule has 0 bridgehead atoms. The SMILES string of the molecule is CCC(O)C(C)C1OC1CC(C)(O)C=CC=C(C)C1OC(=O)CC(O)CCC(C)(O)C(OC(=O)N(C)CCCN(CC)CC)C=CC1C. The van der Waals surface area contributed by atoms with Crippen molar-refractivity contribution in [3.63, 3.8) is 0 Å². The summed E-state index contributed by atoms with van der Waals surface area (Å²) < 4.78 is 17.4. The molecule has 10 unspecified atom stereocenters. The van der Waals surface area contributed by atoms with Crippen LogP contribution in [0.15, 0.2) is 36.0 Å². The quantitative estimate of drug-likeness (QED) is 0.0849. The van der Waals surface area contributed by atoms with E-state index in [0.29, 0.717) is 25.0 Å². The van der Waals surface area contributed by atoms with Crippen LogP contribution in [0, 0.1) is 11.8 Å². The maximum absolute atomic E-state index is 13.1. The highest BCUT2D eigenvalue weighted by Crippen LogP contribution is 2.37. The van der Waals surface area contributed by atoms with Gasteiger partial charge in [-0.15, -0.1) is 0 Å². The van der Waals surface area contributed by atoms with E-state index in [4.69, 9.17) is 14.2 Å². The highest BCUT2D eigenvalue weighted by atomic mass is 16.6. The minimum atomic E-state index is -1.50. The number of esters is 1. The fraction of sp³-hybridized carbons (Fsp3) is 0.784. The lowest BCUT2D eigenvalue weighted by Crippen LogP contribution is -2.45. The van der Waals surface area contributed by atoms with Gasteiger partial charge in [0.1, 0.15) is 11.7 Å². The van der Waals surface area contributed by atoms with Crippen molar-refractivity contribution in [2.24, 2.45) is 11.8 Å². The Labute approximate surface area is 288 Å². The highest BCUT2D eigenvalue weighted by Gasteiger charge is 2.47.